The van der Waals surface area contributed by atoms with E-state index in [0.29, 0.717) is 11.4 Å². The summed E-state index contributed by atoms with van der Waals surface area (Å²) < 4.78 is 0. The van der Waals surface area contributed by atoms with Gasteiger partial charge in [0.15, 0.2) is 0 Å². The molecule has 4 rings (SSSR count). The Labute approximate surface area is 162 Å². The fraction of sp³-hybridized carbons (Fsp3) is 0.0909. The lowest BCUT2D eigenvalue weighted by atomic mass is 10.1. The number of nitrogens with zero attached hydrogens (tertiary/aromatic N) is 1. The molecule has 0 aliphatic carbocycles. The number of imidazole rings is 1. The number of nitrogens with one attached hydrogen (secondary N) is 2. The molecule has 0 atom stereocenters. The summed E-state index contributed by atoms with van der Waals surface area (Å²) in [7, 11) is 0. The smallest absolute Gasteiger partial charge is 0.228 e. The van der Waals surface area contributed by atoms with Crippen molar-refractivity contribution < 1.29 is 4.79 Å². The van der Waals surface area contributed by atoms with Crippen LogP contribution < -0.4 is 5.32 Å². The number of benzene rings is 3. The van der Waals surface area contributed by atoms with Crippen LogP contribution in [0, 0.1) is 6.92 Å². The number of aromatic nitrogens is 2. The quantitative estimate of drug-likeness (QED) is 0.503. The maximum absolute atomic E-state index is 12.3. The largest absolute Gasteiger partial charge is 0.338 e. The molecule has 1 heterocycles. The van der Waals surface area contributed by atoms with Crippen LogP contribution in [0.4, 0.5) is 5.69 Å². The SMILES string of the molecule is Cc1cc2[nH]c(-c3cccc(NC(=O)Cc4ccccc4)c3)nc2cc1Cl. The van der Waals surface area contributed by atoms with Gasteiger partial charge in [0.05, 0.1) is 17.5 Å². The van der Waals surface area contributed by atoms with Gasteiger partial charge in [-0.3, -0.25) is 4.79 Å². The average Bonchev–Trinajstić information content (AvgIpc) is 3.06. The number of hydrogen-bond acceptors (Lipinski definition) is 2. The van der Waals surface area contributed by atoms with E-state index < -0.39 is 0 Å². The highest BCUT2D eigenvalue weighted by atomic mass is 35.5. The van der Waals surface area contributed by atoms with Crippen LogP contribution in [-0.2, 0) is 11.2 Å². The number of halogens is 1. The van der Waals surface area contributed by atoms with E-state index in [9.17, 15) is 4.79 Å². The minimum Gasteiger partial charge on any atom is -0.338 e. The van der Waals surface area contributed by atoms with Gasteiger partial charge in [-0.25, -0.2) is 4.98 Å². The number of aryl methyl sites for hydroxylation is 1. The molecule has 0 saturated heterocycles. The van der Waals surface area contributed by atoms with Crippen molar-refractivity contribution in [2.45, 2.75) is 13.3 Å². The van der Waals surface area contributed by atoms with Crippen LogP contribution in [0.15, 0.2) is 66.7 Å². The van der Waals surface area contributed by atoms with E-state index in [-0.39, 0.29) is 5.91 Å². The van der Waals surface area contributed by atoms with Gasteiger partial charge >= 0.3 is 0 Å². The molecule has 0 aliphatic rings. The van der Waals surface area contributed by atoms with E-state index in [1.165, 1.54) is 0 Å². The van der Waals surface area contributed by atoms with Gasteiger partial charge in [-0.15, -0.1) is 0 Å². The van der Waals surface area contributed by atoms with Crippen molar-refractivity contribution in [3.05, 3.63) is 82.9 Å². The van der Waals surface area contributed by atoms with E-state index in [0.717, 1.165) is 39.2 Å². The van der Waals surface area contributed by atoms with Gasteiger partial charge in [-0.05, 0) is 42.3 Å². The number of fused-ring (bicyclic) bond motifs is 1. The lowest BCUT2D eigenvalue weighted by Crippen LogP contribution is -2.14. The summed E-state index contributed by atoms with van der Waals surface area (Å²) in [6, 6.07) is 21.2. The minimum absolute atomic E-state index is 0.0506. The van der Waals surface area contributed by atoms with Crippen LogP contribution in [0.25, 0.3) is 22.4 Å². The fourth-order valence-corrected chi connectivity index (χ4v) is 3.16. The molecule has 0 bridgehead atoms. The third kappa shape index (κ3) is 3.86. The predicted molar refractivity (Wildman–Crippen MR) is 110 cm³/mol. The Morgan fingerprint density at radius 3 is 2.70 bits per heavy atom. The Morgan fingerprint density at radius 2 is 1.89 bits per heavy atom. The number of rotatable bonds is 4. The van der Waals surface area contributed by atoms with E-state index in [4.69, 9.17) is 11.6 Å². The van der Waals surface area contributed by atoms with E-state index >= 15 is 0 Å². The summed E-state index contributed by atoms with van der Waals surface area (Å²) in [5.74, 6) is 0.691. The number of anilines is 1. The van der Waals surface area contributed by atoms with Gasteiger partial charge in [-0.1, -0.05) is 54.1 Å². The van der Waals surface area contributed by atoms with Gasteiger partial charge in [0.1, 0.15) is 5.82 Å². The number of H-pyrrole nitrogens is 1. The molecular formula is C22H18ClN3O. The molecule has 0 unspecified atom stereocenters. The van der Waals surface area contributed by atoms with Crippen molar-refractivity contribution >= 4 is 34.2 Å². The molecule has 4 aromatic rings. The fourth-order valence-electron chi connectivity index (χ4n) is 3.01. The number of carbonyl (C=O) groups excluding carboxylic acids is 1. The molecule has 5 heteroatoms. The second-order valence-corrected chi connectivity index (χ2v) is 6.90. The Morgan fingerprint density at radius 1 is 1.07 bits per heavy atom. The average molecular weight is 376 g/mol. The highest BCUT2D eigenvalue weighted by Gasteiger charge is 2.09. The summed E-state index contributed by atoms with van der Waals surface area (Å²) in [5.41, 5.74) is 5.38. The summed E-state index contributed by atoms with van der Waals surface area (Å²) >= 11 is 6.19. The molecule has 1 amide bonds. The summed E-state index contributed by atoms with van der Waals surface area (Å²) in [4.78, 5) is 20.2. The maximum atomic E-state index is 12.3. The van der Waals surface area contributed by atoms with Crippen molar-refractivity contribution in [2.75, 3.05) is 5.32 Å². The molecule has 0 fully saturated rings. The van der Waals surface area contributed by atoms with Crippen LogP contribution >= 0.6 is 11.6 Å². The van der Waals surface area contributed by atoms with Crippen LogP contribution in [0.3, 0.4) is 0 Å². The van der Waals surface area contributed by atoms with Crippen LogP contribution in [-0.4, -0.2) is 15.9 Å². The van der Waals surface area contributed by atoms with E-state index in [2.05, 4.69) is 15.3 Å². The van der Waals surface area contributed by atoms with Gasteiger partial charge in [-0.2, -0.15) is 0 Å². The molecule has 134 valence electrons. The maximum Gasteiger partial charge on any atom is 0.228 e. The number of aromatic amines is 1. The first-order chi connectivity index (χ1) is 13.1. The van der Waals surface area contributed by atoms with Gasteiger partial charge in [0, 0.05) is 16.3 Å². The monoisotopic (exact) mass is 375 g/mol. The molecule has 0 radical (unpaired) electrons. The lowest BCUT2D eigenvalue weighted by molar-refractivity contribution is -0.115. The molecule has 4 nitrogen and oxygen atoms in total. The molecule has 0 spiro atoms. The first-order valence-electron chi connectivity index (χ1n) is 8.68. The Balaban J connectivity index is 1.56. The van der Waals surface area contributed by atoms with Crippen LogP contribution in [0.2, 0.25) is 5.02 Å². The zero-order valence-corrected chi connectivity index (χ0v) is 15.5. The number of amides is 1. The summed E-state index contributed by atoms with van der Waals surface area (Å²) in [6.07, 6.45) is 0.341. The third-order valence-electron chi connectivity index (χ3n) is 4.39. The van der Waals surface area contributed by atoms with Crippen molar-refractivity contribution in [2.24, 2.45) is 0 Å². The van der Waals surface area contributed by atoms with Crippen LogP contribution in [0.1, 0.15) is 11.1 Å². The Bertz CT molecular complexity index is 1080. The molecule has 0 saturated carbocycles. The van der Waals surface area contributed by atoms with E-state index in [1.807, 2.05) is 73.7 Å². The molecule has 27 heavy (non-hydrogen) atoms. The third-order valence-corrected chi connectivity index (χ3v) is 4.80. The summed E-state index contributed by atoms with van der Waals surface area (Å²) in [6.45, 7) is 1.96. The second-order valence-electron chi connectivity index (χ2n) is 6.50. The van der Waals surface area contributed by atoms with Crippen molar-refractivity contribution in [1.29, 1.82) is 0 Å². The predicted octanol–water partition coefficient (Wildman–Crippen LogP) is 5.37. The Hall–Kier alpha value is -3.11. The molecule has 1 aromatic heterocycles. The number of hydrogen-bond donors (Lipinski definition) is 2. The number of carbonyl (C=O) groups is 1. The first-order valence-corrected chi connectivity index (χ1v) is 9.06. The lowest BCUT2D eigenvalue weighted by Gasteiger charge is -2.07. The van der Waals surface area contributed by atoms with Gasteiger partial charge in [0.2, 0.25) is 5.91 Å². The minimum atomic E-state index is -0.0506. The van der Waals surface area contributed by atoms with Crippen LogP contribution in [0.5, 0.6) is 0 Å². The van der Waals surface area contributed by atoms with Crippen molar-refractivity contribution in [1.82, 2.24) is 9.97 Å². The highest BCUT2D eigenvalue weighted by Crippen LogP contribution is 2.26. The zero-order valence-electron chi connectivity index (χ0n) is 14.8. The van der Waals surface area contributed by atoms with Gasteiger partial charge < -0.3 is 10.3 Å². The molecular weight excluding hydrogens is 358 g/mol. The first kappa shape index (κ1) is 17.3. The molecule has 3 aromatic carbocycles. The van der Waals surface area contributed by atoms with Crippen molar-refractivity contribution in [3.63, 3.8) is 0 Å². The van der Waals surface area contributed by atoms with Crippen molar-refractivity contribution in [3.8, 4) is 11.4 Å². The Kier molecular flexibility index (Phi) is 4.65. The normalized spacial score (nSPS) is 10.9. The second kappa shape index (κ2) is 7.25. The summed E-state index contributed by atoms with van der Waals surface area (Å²) in [5, 5.41) is 3.65. The standard InChI is InChI=1S/C22H18ClN3O/c1-14-10-19-20(13-18(14)23)26-22(25-19)16-8-5-9-17(12-16)24-21(27)11-15-6-3-2-4-7-15/h2-10,12-13H,11H2,1H3,(H,24,27)(H,25,26). The molecule has 0 aliphatic heterocycles. The molecule has 2 N–H and O–H groups in total. The zero-order chi connectivity index (χ0) is 18.8. The highest BCUT2D eigenvalue weighted by molar-refractivity contribution is 6.32. The van der Waals surface area contributed by atoms with E-state index in [1.54, 1.807) is 0 Å². The van der Waals surface area contributed by atoms with Gasteiger partial charge in [0.25, 0.3) is 0 Å². The topological polar surface area (TPSA) is 57.8 Å².